The molecule has 0 amide bonds. The topological polar surface area (TPSA) is 62.3 Å². The Morgan fingerprint density at radius 1 is 1.52 bits per heavy atom. The van der Waals surface area contributed by atoms with E-state index in [1.165, 1.54) is 16.6 Å². The SMILES string of the molecule is CCCNC1CCN(S(=O)(=O)c2ncccc2F)CC1C. The minimum Gasteiger partial charge on any atom is -0.314 e. The molecule has 1 fully saturated rings. The van der Waals surface area contributed by atoms with Crippen molar-refractivity contribution in [2.75, 3.05) is 19.6 Å². The van der Waals surface area contributed by atoms with Crippen LogP contribution in [0.1, 0.15) is 26.7 Å². The minimum atomic E-state index is -3.85. The zero-order valence-corrected chi connectivity index (χ0v) is 13.2. The Hall–Kier alpha value is -1.05. The van der Waals surface area contributed by atoms with E-state index in [0.29, 0.717) is 19.1 Å². The zero-order valence-electron chi connectivity index (χ0n) is 12.4. The molecule has 1 aromatic heterocycles. The molecule has 2 unspecified atom stereocenters. The van der Waals surface area contributed by atoms with E-state index < -0.39 is 20.9 Å². The molecule has 118 valence electrons. The summed E-state index contributed by atoms with van der Waals surface area (Å²) in [5, 5.41) is 2.96. The van der Waals surface area contributed by atoms with Gasteiger partial charge in [-0.1, -0.05) is 13.8 Å². The van der Waals surface area contributed by atoms with E-state index in [9.17, 15) is 12.8 Å². The summed E-state index contributed by atoms with van der Waals surface area (Å²) in [4.78, 5) is 3.70. The van der Waals surface area contributed by atoms with Crippen LogP contribution in [0.4, 0.5) is 4.39 Å². The van der Waals surface area contributed by atoms with Crippen molar-refractivity contribution in [1.29, 1.82) is 0 Å². The minimum absolute atomic E-state index is 0.187. The van der Waals surface area contributed by atoms with Gasteiger partial charge in [0, 0.05) is 25.3 Å². The number of aromatic nitrogens is 1. The van der Waals surface area contributed by atoms with Crippen molar-refractivity contribution < 1.29 is 12.8 Å². The molecule has 2 rings (SSSR count). The van der Waals surface area contributed by atoms with Crippen LogP contribution in [0.15, 0.2) is 23.4 Å². The van der Waals surface area contributed by atoms with E-state index in [-0.39, 0.29) is 5.92 Å². The van der Waals surface area contributed by atoms with Crippen molar-refractivity contribution in [3.63, 3.8) is 0 Å². The molecule has 2 heterocycles. The largest absolute Gasteiger partial charge is 0.314 e. The number of nitrogens with one attached hydrogen (secondary N) is 1. The second-order valence-electron chi connectivity index (χ2n) is 5.48. The van der Waals surface area contributed by atoms with E-state index in [1.54, 1.807) is 0 Å². The molecule has 0 saturated carbocycles. The highest BCUT2D eigenvalue weighted by Crippen LogP contribution is 2.24. The first-order chi connectivity index (χ1) is 9.96. The zero-order chi connectivity index (χ0) is 15.5. The lowest BCUT2D eigenvalue weighted by Gasteiger charge is -2.36. The Bertz CT molecular complexity index is 579. The molecule has 0 aromatic carbocycles. The highest BCUT2D eigenvalue weighted by atomic mass is 32.2. The summed E-state index contributed by atoms with van der Waals surface area (Å²) in [5.74, 6) is -0.608. The summed E-state index contributed by atoms with van der Waals surface area (Å²) in [6.07, 6.45) is 3.08. The van der Waals surface area contributed by atoms with E-state index in [1.807, 2.05) is 6.92 Å². The number of rotatable bonds is 5. The molecule has 2 atom stereocenters. The monoisotopic (exact) mass is 315 g/mol. The van der Waals surface area contributed by atoms with Crippen LogP contribution in [0.25, 0.3) is 0 Å². The number of hydrogen-bond donors (Lipinski definition) is 1. The first kappa shape index (κ1) is 16.3. The third kappa shape index (κ3) is 3.59. The summed E-state index contributed by atoms with van der Waals surface area (Å²) in [6, 6.07) is 2.82. The molecule has 0 spiro atoms. The molecule has 7 heteroatoms. The van der Waals surface area contributed by atoms with Gasteiger partial charge < -0.3 is 5.32 Å². The quantitative estimate of drug-likeness (QED) is 0.897. The van der Waals surface area contributed by atoms with Gasteiger partial charge in [-0.15, -0.1) is 0 Å². The maximum atomic E-state index is 13.7. The van der Waals surface area contributed by atoms with Gasteiger partial charge in [-0.2, -0.15) is 4.31 Å². The predicted molar refractivity (Wildman–Crippen MR) is 78.8 cm³/mol. The highest BCUT2D eigenvalue weighted by Gasteiger charge is 2.35. The van der Waals surface area contributed by atoms with Gasteiger partial charge in [0.05, 0.1) is 0 Å². The molecular formula is C14H22FN3O2S. The predicted octanol–water partition coefficient (Wildman–Crippen LogP) is 1.62. The van der Waals surface area contributed by atoms with Crippen molar-refractivity contribution in [2.24, 2.45) is 5.92 Å². The maximum Gasteiger partial charge on any atom is 0.263 e. The lowest BCUT2D eigenvalue weighted by Crippen LogP contribution is -2.50. The van der Waals surface area contributed by atoms with Crippen LogP contribution in [-0.4, -0.2) is 43.4 Å². The van der Waals surface area contributed by atoms with Gasteiger partial charge in [0.1, 0.15) is 0 Å². The molecule has 1 aliphatic rings. The van der Waals surface area contributed by atoms with Crippen LogP contribution < -0.4 is 5.32 Å². The van der Waals surface area contributed by atoms with Gasteiger partial charge >= 0.3 is 0 Å². The molecule has 1 N–H and O–H groups in total. The smallest absolute Gasteiger partial charge is 0.263 e. The fourth-order valence-electron chi connectivity index (χ4n) is 2.64. The molecule has 1 saturated heterocycles. The number of pyridine rings is 1. The van der Waals surface area contributed by atoms with Gasteiger partial charge in [-0.05, 0) is 37.4 Å². The lowest BCUT2D eigenvalue weighted by molar-refractivity contribution is 0.220. The third-order valence-electron chi connectivity index (χ3n) is 3.83. The Morgan fingerprint density at radius 2 is 2.29 bits per heavy atom. The normalized spacial score (nSPS) is 24.1. The number of halogens is 1. The lowest BCUT2D eigenvalue weighted by atomic mass is 9.95. The van der Waals surface area contributed by atoms with Gasteiger partial charge in [0.15, 0.2) is 5.82 Å². The Labute approximate surface area is 125 Å². The number of piperidine rings is 1. The molecule has 0 radical (unpaired) electrons. The van der Waals surface area contributed by atoms with Crippen molar-refractivity contribution in [1.82, 2.24) is 14.6 Å². The van der Waals surface area contributed by atoms with Crippen molar-refractivity contribution in [3.05, 3.63) is 24.1 Å². The second-order valence-corrected chi connectivity index (χ2v) is 7.33. The van der Waals surface area contributed by atoms with E-state index in [2.05, 4.69) is 17.2 Å². The van der Waals surface area contributed by atoms with Gasteiger partial charge in [0.25, 0.3) is 10.0 Å². The van der Waals surface area contributed by atoms with Crippen LogP contribution in [0.2, 0.25) is 0 Å². The summed E-state index contributed by atoms with van der Waals surface area (Å²) in [5.41, 5.74) is 0. The molecule has 0 aliphatic carbocycles. The van der Waals surface area contributed by atoms with Crippen LogP contribution in [0, 0.1) is 11.7 Å². The molecule has 5 nitrogen and oxygen atoms in total. The number of hydrogen-bond acceptors (Lipinski definition) is 4. The van der Waals surface area contributed by atoms with Crippen molar-refractivity contribution in [3.8, 4) is 0 Å². The van der Waals surface area contributed by atoms with Crippen LogP contribution in [0.5, 0.6) is 0 Å². The number of nitrogens with zero attached hydrogens (tertiary/aromatic N) is 2. The van der Waals surface area contributed by atoms with Crippen LogP contribution in [-0.2, 0) is 10.0 Å². The summed E-state index contributed by atoms with van der Waals surface area (Å²) in [7, 11) is -3.85. The second kappa shape index (κ2) is 6.81. The van der Waals surface area contributed by atoms with E-state index in [4.69, 9.17) is 0 Å². The number of sulfonamides is 1. The Morgan fingerprint density at radius 3 is 2.90 bits per heavy atom. The van der Waals surface area contributed by atoms with Crippen molar-refractivity contribution in [2.45, 2.75) is 37.8 Å². The Balaban J connectivity index is 2.12. The molecule has 21 heavy (non-hydrogen) atoms. The average molecular weight is 315 g/mol. The third-order valence-corrected chi connectivity index (χ3v) is 5.63. The van der Waals surface area contributed by atoms with Gasteiger partial charge in [0.2, 0.25) is 5.03 Å². The van der Waals surface area contributed by atoms with E-state index >= 15 is 0 Å². The van der Waals surface area contributed by atoms with Crippen LogP contribution in [0.3, 0.4) is 0 Å². The highest BCUT2D eigenvalue weighted by molar-refractivity contribution is 7.89. The fourth-order valence-corrected chi connectivity index (χ4v) is 4.17. The molecular weight excluding hydrogens is 293 g/mol. The summed E-state index contributed by atoms with van der Waals surface area (Å²) < 4.78 is 40.0. The first-order valence-electron chi connectivity index (χ1n) is 7.31. The summed E-state index contributed by atoms with van der Waals surface area (Å²) in [6.45, 7) is 5.82. The van der Waals surface area contributed by atoms with Crippen molar-refractivity contribution >= 4 is 10.0 Å². The molecule has 1 aliphatic heterocycles. The molecule has 1 aromatic rings. The first-order valence-corrected chi connectivity index (χ1v) is 8.75. The van der Waals surface area contributed by atoms with Gasteiger partial charge in [-0.25, -0.2) is 17.8 Å². The summed E-state index contributed by atoms with van der Waals surface area (Å²) >= 11 is 0. The van der Waals surface area contributed by atoms with E-state index in [0.717, 1.165) is 25.5 Å². The maximum absolute atomic E-state index is 13.7. The molecule has 0 bridgehead atoms. The Kier molecular flexibility index (Phi) is 5.29. The standard InChI is InChI=1S/C14H22FN3O2S/c1-3-7-16-13-6-9-18(10-11(13)2)21(19,20)14-12(15)5-4-8-17-14/h4-5,8,11,13,16H,3,6-7,9-10H2,1-2H3. The van der Waals surface area contributed by atoms with Crippen LogP contribution >= 0.6 is 0 Å². The van der Waals surface area contributed by atoms with Gasteiger partial charge in [-0.3, -0.25) is 0 Å². The average Bonchev–Trinajstić information content (AvgIpc) is 2.46. The fraction of sp³-hybridized carbons (Fsp3) is 0.643.